The normalized spacial score (nSPS) is 12.1. The molecule has 0 atom stereocenters. The van der Waals surface area contributed by atoms with Gasteiger partial charge < -0.3 is 5.32 Å². The van der Waals surface area contributed by atoms with Crippen LogP contribution in [0.2, 0.25) is 0 Å². The van der Waals surface area contributed by atoms with Gasteiger partial charge in [-0.25, -0.2) is 0 Å². The van der Waals surface area contributed by atoms with Crippen molar-refractivity contribution in [3.8, 4) is 11.1 Å². The molecule has 0 amide bonds. The van der Waals surface area contributed by atoms with E-state index in [2.05, 4.69) is 54.7 Å². The smallest absolute Gasteiger partial charge is 0.0382 e. The Morgan fingerprint density at radius 2 is 1.75 bits per heavy atom. The molecule has 0 fully saturated rings. The van der Waals surface area contributed by atoms with Crippen LogP contribution in [-0.2, 0) is 6.42 Å². The molecule has 0 heterocycles. The Labute approximate surface area is 122 Å². The lowest BCUT2D eigenvalue weighted by Gasteiger charge is -2.11. The highest BCUT2D eigenvalue weighted by Crippen LogP contribution is 2.39. The highest BCUT2D eigenvalue weighted by Gasteiger charge is 2.19. The maximum Gasteiger partial charge on any atom is 0.0382 e. The zero-order chi connectivity index (χ0) is 13.8. The van der Waals surface area contributed by atoms with Gasteiger partial charge in [0.2, 0.25) is 0 Å². The highest BCUT2D eigenvalue weighted by molar-refractivity contribution is 5.81. The molecule has 2 aromatic rings. The third-order valence-electron chi connectivity index (χ3n) is 4.20. The molecule has 0 aliphatic heterocycles. The van der Waals surface area contributed by atoms with E-state index >= 15 is 0 Å². The third kappa shape index (κ3) is 2.58. The Morgan fingerprint density at radius 3 is 2.65 bits per heavy atom. The lowest BCUT2D eigenvalue weighted by atomic mass is 10.0. The molecule has 3 rings (SSSR count). The highest BCUT2D eigenvalue weighted by atomic mass is 14.9. The fourth-order valence-electron chi connectivity index (χ4n) is 3.10. The van der Waals surface area contributed by atoms with Gasteiger partial charge >= 0.3 is 0 Å². The summed E-state index contributed by atoms with van der Waals surface area (Å²) in [6.07, 6.45) is 6.32. The number of fused-ring (bicyclic) bond motifs is 3. The Morgan fingerprint density at radius 1 is 0.900 bits per heavy atom. The van der Waals surface area contributed by atoms with Gasteiger partial charge in [0.05, 0.1) is 0 Å². The van der Waals surface area contributed by atoms with Crippen molar-refractivity contribution < 1.29 is 0 Å². The van der Waals surface area contributed by atoms with E-state index in [1.807, 2.05) is 0 Å². The topological polar surface area (TPSA) is 12.0 Å². The quantitative estimate of drug-likeness (QED) is 0.600. The van der Waals surface area contributed by atoms with Crippen LogP contribution in [0.1, 0.15) is 43.7 Å². The number of unbranched alkanes of at least 4 members (excludes halogenated alkanes) is 3. The van der Waals surface area contributed by atoms with E-state index < -0.39 is 0 Å². The van der Waals surface area contributed by atoms with Crippen molar-refractivity contribution >= 4 is 5.69 Å². The second-order valence-corrected chi connectivity index (χ2v) is 5.65. The average molecular weight is 265 g/mol. The summed E-state index contributed by atoms with van der Waals surface area (Å²) in [6, 6.07) is 15.4. The van der Waals surface area contributed by atoms with E-state index in [9.17, 15) is 0 Å². The molecule has 0 saturated carbocycles. The predicted octanol–water partition coefficient (Wildman–Crippen LogP) is 5.25. The van der Waals surface area contributed by atoms with Crippen LogP contribution in [0, 0.1) is 0 Å². The van der Waals surface area contributed by atoms with Gasteiger partial charge in [-0.1, -0.05) is 62.6 Å². The standard InChI is InChI=1S/C19H23N/c1-2-3-4-7-13-20-19-12-8-11-17-16-10-6-5-9-15(16)14-18(17)19/h5-6,8-12,20H,2-4,7,13-14H2,1H3. The summed E-state index contributed by atoms with van der Waals surface area (Å²) in [6.45, 7) is 3.35. The largest absolute Gasteiger partial charge is 0.385 e. The molecule has 0 aromatic heterocycles. The predicted molar refractivity (Wildman–Crippen MR) is 87.3 cm³/mol. The first-order valence-electron chi connectivity index (χ1n) is 7.84. The van der Waals surface area contributed by atoms with E-state index in [4.69, 9.17) is 0 Å². The van der Waals surface area contributed by atoms with E-state index in [-0.39, 0.29) is 0 Å². The summed E-state index contributed by atoms with van der Waals surface area (Å²) in [4.78, 5) is 0. The Bertz CT molecular complexity index is 586. The first-order chi connectivity index (χ1) is 9.90. The van der Waals surface area contributed by atoms with Gasteiger partial charge in [0, 0.05) is 18.7 Å². The molecule has 0 saturated heterocycles. The number of hydrogen-bond acceptors (Lipinski definition) is 1. The van der Waals surface area contributed by atoms with Crippen molar-refractivity contribution in [3.63, 3.8) is 0 Å². The molecule has 0 radical (unpaired) electrons. The second-order valence-electron chi connectivity index (χ2n) is 5.65. The number of anilines is 1. The molecule has 1 aliphatic rings. The van der Waals surface area contributed by atoms with Crippen LogP contribution in [-0.4, -0.2) is 6.54 Å². The first-order valence-corrected chi connectivity index (χ1v) is 7.84. The summed E-state index contributed by atoms with van der Waals surface area (Å²) < 4.78 is 0. The molecule has 1 nitrogen and oxygen atoms in total. The number of hydrogen-bond donors (Lipinski definition) is 1. The first kappa shape index (κ1) is 13.2. The van der Waals surface area contributed by atoms with E-state index in [0.29, 0.717) is 0 Å². The minimum atomic E-state index is 1.07. The number of rotatable bonds is 6. The van der Waals surface area contributed by atoms with Crippen molar-refractivity contribution in [2.24, 2.45) is 0 Å². The molecule has 104 valence electrons. The van der Waals surface area contributed by atoms with Crippen LogP contribution < -0.4 is 5.32 Å². The fourth-order valence-corrected chi connectivity index (χ4v) is 3.10. The van der Waals surface area contributed by atoms with E-state index in [1.165, 1.54) is 53.6 Å². The van der Waals surface area contributed by atoms with Gasteiger partial charge in [0.25, 0.3) is 0 Å². The van der Waals surface area contributed by atoms with Crippen molar-refractivity contribution in [1.82, 2.24) is 0 Å². The average Bonchev–Trinajstić information content (AvgIpc) is 2.87. The number of nitrogens with one attached hydrogen (secondary N) is 1. The fraction of sp³-hybridized carbons (Fsp3) is 0.368. The Hall–Kier alpha value is -1.76. The van der Waals surface area contributed by atoms with Crippen LogP contribution in [0.5, 0.6) is 0 Å². The summed E-state index contributed by atoms with van der Waals surface area (Å²) in [7, 11) is 0. The maximum absolute atomic E-state index is 3.64. The van der Waals surface area contributed by atoms with Crippen molar-refractivity contribution in [2.75, 3.05) is 11.9 Å². The Kier molecular flexibility index (Phi) is 4.05. The van der Waals surface area contributed by atoms with Gasteiger partial charge in [-0.2, -0.15) is 0 Å². The van der Waals surface area contributed by atoms with Crippen LogP contribution in [0.25, 0.3) is 11.1 Å². The molecule has 2 aromatic carbocycles. The summed E-state index contributed by atoms with van der Waals surface area (Å²) in [5.74, 6) is 0. The lowest BCUT2D eigenvalue weighted by molar-refractivity contribution is 0.685. The van der Waals surface area contributed by atoms with Crippen LogP contribution in [0.4, 0.5) is 5.69 Å². The third-order valence-corrected chi connectivity index (χ3v) is 4.20. The number of benzene rings is 2. The summed E-state index contributed by atoms with van der Waals surface area (Å²) in [5, 5.41) is 3.64. The van der Waals surface area contributed by atoms with Gasteiger partial charge in [-0.3, -0.25) is 0 Å². The van der Waals surface area contributed by atoms with Crippen LogP contribution >= 0.6 is 0 Å². The molecule has 0 bridgehead atoms. The lowest BCUT2D eigenvalue weighted by Crippen LogP contribution is -2.03. The molecule has 20 heavy (non-hydrogen) atoms. The van der Waals surface area contributed by atoms with Crippen molar-refractivity contribution in [2.45, 2.75) is 39.0 Å². The van der Waals surface area contributed by atoms with Gasteiger partial charge in [-0.15, -0.1) is 0 Å². The molecule has 1 N–H and O–H groups in total. The SMILES string of the molecule is CCCCCCNc1cccc2c1Cc1ccccc1-2. The van der Waals surface area contributed by atoms with Gasteiger partial charge in [0.1, 0.15) is 0 Å². The van der Waals surface area contributed by atoms with Crippen LogP contribution in [0.15, 0.2) is 42.5 Å². The second kappa shape index (κ2) is 6.13. The summed E-state index contributed by atoms with van der Waals surface area (Å²) in [5.41, 5.74) is 7.10. The van der Waals surface area contributed by atoms with Crippen LogP contribution in [0.3, 0.4) is 0 Å². The maximum atomic E-state index is 3.64. The van der Waals surface area contributed by atoms with Crippen molar-refractivity contribution in [3.05, 3.63) is 53.6 Å². The zero-order valence-electron chi connectivity index (χ0n) is 12.3. The van der Waals surface area contributed by atoms with Crippen molar-refractivity contribution in [1.29, 1.82) is 0 Å². The van der Waals surface area contributed by atoms with Gasteiger partial charge in [-0.05, 0) is 34.7 Å². The molecule has 1 heteroatoms. The Balaban J connectivity index is 1.73. The van der Waals surface area contributed by atoms with E-state index in [0.717, 1.165) is 13.0 Å². The molecule has 0 unspecified atom stereocenters. The molecular formula is C19H23N. The minimum Gasteiger partial charge on any atom is -0.385 e. The molecule has 0 spiro atoms. The molecular weight excluding hydrogens is 242 g/mol. The van der Waals surface area contributed by atoms with E-state index in [1.54, 1.807) is 0 Å². The monoisotopic (exact) mass is 265 g/mol. The zero-order valence-corrected chi connectivity index (χ0v) is 12.3. The molecule has 1 aliphatic carbocycles. The minimum absolute atomic E-state index is 1.07. The summed E-state index contributed by atoms with van der Waals surface area (Å²) >= 11 is 0. The van der Waals surface area contributed by atoms with Gasteiger partial charge in [0.15, 0.2) is 0 Å².